The van der Waals surface area contributed by atoms with Crippen molar-refractivity contribution in [3.05, 3.63) is 65.0 Å². The normalized spacial score (nSPS) is 20.6. The fourth-order valence-electron chi connectivity index (χ4n) is 2.96. The van der Waals surface area contributed by atoms with E-state index in [2.05, 4.69) is 0 Å². The van der Waals surface area contributed by atoms with Crippen LogP contribution in [0, 0.1) is 12.7 Å². The number of rotatable bonds is 1. The number of carbonyl (C=O) groups is 1. The van der Waals surface area contributed by atoms with Crippen LogP contribution in [0.25, 0.3) is 0 Å². The Morgan fingerprint density at radius 3 is 2.42 bits per heavy atom. The number of ether oxygens (including phenoxy) is 1. The predicted molar refractivity (Wildman–Crippen MR) is 79.1 cm³/mol. The van der Waals surface area contributed by atoms with E-state index in [4.69, 9.17) is 4.74 Å². The fraction of sp³-hybridized carbons (Fsp3) is 0.235. The first kappa shape index (κ1) is 16.3. The molecule has 0 N–H and O–H groups in total. The van der Waals surface area contributed by atoms with Crippen molar-refractivity contribution in [3.63, 3.8) is 0 Å². The first-order valence-electron chi connectivity index (χ1n) is 7.07. The number of aryl methyl sites for hydroxylation is 1. The van der Waals surface area contributed by atoms with Crippen molar-refractivity contribution in [2.75, 3.05) is 11.9 Å². The highest BCUT2D eigenvalue weighted by atomic mass is 19.4. The number of carbonyl (C=O) groups excluding carboxylic acids is 1. The molecule has 1 atom stereocenters. The van der Waals surface area contributed by atoms with E-state index in [-0.39, 0.29) is 16.8 Å². The molecule has 24 heavy (non-hydrogen) atoms. The van der Waals surface area contributed by atoms with Crippen molar-refractivity contribution in [3.8, 4) is 0 Å². The Hall–Kier alpha value is -2.57. The zero-order valence-corrected chi connectivity index (χ0v) is 12.8. The number of halogens is 4. The van der Waals surface area contributed by atoms with Gasteiger partial charge < -0.3 is 9.64 Å². The van der Waals surface area contributed by atoms with Crippen LogP contribution in [-0.2, 0) is 10.5 Å². The largest absolute Gasteiger partial charge is 0.453 e. The molecule has 1 aliphatic rings. The molecule has 0 bridgehead atoms. The average Bonchev–Trinajstić information content (AvgIpc) is 2.48. The highest BCUT2D eigenvalue weighted by Crippen LogP contribution is 2.50. The second-order valence-corrected chi connectivity index (χ2v) is 5.62. The molecule has 2 aromatic rings. The molecule has 2 aromatic carbocycles. The molecule has 126 valence electrons. The SMILES string of the molecule is Cc1cc(F)cc([C@@]2(C(F)(F)F)OC(=O)c3ccccc3N2C)c1. The number of nitrogens with zero attached hydrogens (tertiary/aromatic N) is 1. The number of fused-ring (bicyclic) bond motifs is 1. The molecule has 0 spiro atoms. The summed E-state index contributed by atoms with van der Waals surface area (Å²) in [4.78, 5) is 13.0. The zero-order valence-electron chi connectivity index (χ0n) is 12.8. The Kier molecular flexibility index (Phi) is 3.55. The molecule has 1 aliphatic heterocycles. The van der Waals surface area contributed by atoms with E-state index < -0.39 is 29.3 Å². The van der Waals surface area contributed by atoms with Gasteiger partial charge in [-0.15, -0.1) is 0 Å². The van der Waals surface area contributed by atoms with Crippen molar-refractivity contribution in [2.45, 2.75) is 18.8 Å². The van der Waals surface area contributed by atoms with Gasteiger partial charge in [0.05, 0.1) is 11.3 Å². The van der Waals surface area contributed by atoms with Gasteiger partial charge in [0, 0.05) is 12.6 Å². The number of cyclic esters (lactones) is 1. The van der Waals surface area contributed by atoms with Gasteiger partial charge in [0.15, 0.2) is 0 Å². The third kappa shape index (κ3) is 2.23. The summed E-state index contributed by atoms with van der Waals surface area (Å²) < 4.78 is 60.7. The average molecular weight is 339 g/mol. The van der Waals surface area contributed by atoms with Crippen molar-refractivity contribution in [1.82, 2.24) is 0 Å². The van der Waals surface area contributed by atoms with E-state index in [0.717, 1.165) is 23.1 Å². The summed E-state index contributed by atoms with van der Waals surface area (Å²) in [6.45, 7) is 1.47. The molecule has 0 fully saturated rings. The molecule has 0 amide bonds. The first-order valence-corrected chi connectivity index (χ1v) is 7.07. The fourth-order valence-corrected chi connectivity index (χ4v) is 2.96. The van der Waals surface area contributed by atoms with Gasteiger partial charge in [0.25, 0.3) is 0 Å². The monoisotopic (exact) mass is 339 g/mol. The highest BCUT2D eigenvalue weighted by Gasteiger charge is 2.65. The summed E-state index contributed by atoms with van der Waals surface area (Å²) in [5, 5.41) is 0. The first-order chi connectivity index (χ1) is 11.2. The molecule has 0 saturated carbocycles. The summed E-state index contributed by atoms with van der Waals surface area (Å²) >= 11 is 0. The molecule has 0 aliphatic carbocycles. The molecule has 0 unspecified atom stereocenters. The lowest BCUT2D eigenvalue weighted by Crippen LogP contribution is -2.60. The van der Waals surface area contributed by atoms with Crippen LogP contribution in [0.2, 0.25) is 0 Å². The highest BCUT2D eigenvalue weighted by molar-refractivity contribution is 5.98. The topological polar surface area (TPSA) is 29.5 Å². The number of esters is 1. The summed E-state index contributed by atoms with van der Waals surface area (Å²) in [5.74, 6) is -1.94. The van der Waals surface area contributed by atoms with Gasteiger partial charge in [0.2, 0.25) is 0 Å². The van der Waals surface area contributed by atoms with Gasteiger partial charge in [-0.2, -0.15) is 13.2 Å². The number of para-hydroxylation sites is 1. The lowest BCUT2D eigenvalue weighted by Gasteiger charge is -2.46. The van der Waals surface area contributed by atoms with Crippen LogP contribution >= 0.6 is 0 Å². The van der Waals surface area contributed by atoms with E-state index in [9.17, 15) is 22.4 Å². The number of hydrogen-bond acceptors (Lipinski definition) is 3. The van der Waals surface area contributed by atoms with Gasteiger partial charge in [0.1, 0.15) is 5.82 Å². The van der Waals surface area contributed by atoms with Crippen LogP contribution < -0.4 is 4.90 Å². The minimum absolute atomic E-state index is 0.0213. The lowest BCUT2D eigenvalue weighted by molar-refractivity contribution is -0.265. The van der Waals surface area contributed by atoms with Gasteiger partial charge >= 0.3 is 17.9 Å². The van der Waals surface area contributed by atoms with Crippen molar-refractivity contribution in [1.29, 1.82) is 0 Å². The third-order valence-electron chi connectivity index (χ3n) is 4.02. The van der Waals surface area contributed by atoms with Crippen molar-refractivity contribution in [2.24, 2.45) is 0 Å². The molecule has 3 nitrogen and oxygen atoms in total. The van der Waals surface area contributed by atoms with Crippen molar-refractivity contribution < 1.29 is 27.1 Å². The van der Waals surface area contributed by atoms with Gasteiger partial charge in [-0.1, -0.05) is 12.1 Å². The third-order valence-corrected chi connectivity index (χ3v) is 4.02. The van der Waals surface area contributed by atoms with Crippen LogP contribution in [0.3, 0.4) is 0 Å². The Labute approximate surface area is 135 Å². The molecule has 3 rings (SSSR count). The Balaban J connectivity index is 2.31. The maximum absolute atomic E-state index is 14.0. The molecular formula is C17H13F4NO2. The lowest BCUT2D eigenvalue weighted by atomic mass is 9.94. The van der Waals surface area contributed by atoms with Gasteiger partial charge in [-0.25, -0.2) is 9.18 Å². The molecule has 7 heteroatoms. The van der Waals surface area contributed by atoms with Crippen LogP contribution in [0.5, 0.6) is 0 Å². The summed E-state index contributed by atoms with van der Waals surface area (Å²) in [7, 11) is 1.17. The van der Waals surface area contributed by atoms with E-state index in [1.165, 1.54) is 38.2 Å². The molecule has 0 saturated heterocycles. The van der Waals surface area contributed by atoms with Gasteiger partial charge in [-0.3, -0.25) is 0 Å². The van der Waals surface area contributed by atoms with E-state index in [1.54, 1.807) is 0 Å². The number of anilines is 1. The quantitative estimate of drug-likeness (QED) is 0.577. The summed E-state index contributed by atoms with van der Waals surface area (Å²) in [6, 6.07) is 8.82. The Morgan fingerprint density at radius 1 is 1.12 bits per heavy atom. The van der Waals surface area contributed by atoms with E-state index >= 15 is 0 Å². The Morgan fingerprint density at radius 2 is 1.79 bits per heavy atom. The minimum Gasteiger partial charge on any atom is -0.421 e. The number of hydrogen-bond donors (Lipinski definition) is 0. The van der Waals surface area contributed by atoms with Crippen LogP contribution in [0.15, 0.2) is 42.5 Å². The van der Waals surface area contributed by atoms with Gasteiger partial charge in [-0.05, 0) is 42.8 Å². The Bertz CT molecular complexity index is 798. The van der Waals surface area contributed by atoms with Crippen LogP contribution in [0.4, 0.5) is 23.2 Å². The molecule has 0 aromatic heterocycles. The van der Waals surface area contributed by atoms with E-state index in [1.807, 2.05) is 0 Å². The maximum Gasteiger partial charge on any atom is 0.453 e. The minimum atomic E-state index is -4.98. The number of alkyl halides is 3. The maximum atomic E-state index is 14.0. The summed E-state index contributed by atoms with van der Waals surface area (Å²) in [5.41, 5.74) is -3.21. The zero-order chi connectivity index (χ0) is 17.7. The number of benzene rings is 2. The molecule has 1 heterocycles. The molecule has 0 radical (unpaired) electrons. The second kappa shape index (κ2) is 5.22. The van der Waals surface area contributed by atoms with E-state index in [0.29, 0.717) is 0 Å². The predicted octanol–water partition coefficient (Wildman–Crippen LogP) is 4.16. The van der Waals surface area contributed by atoms with Crippen LogP contribution in [-0.4, -0.2) is 19.2 Å². The van der Waals surface area contributed by atoms with Crippen LogP contribution in [0.1, 0.15) is 21.5 Å². The van der Waals surface area contributed by atoms with Crippen molar-refractivity contribution >= 4 is 11.7 Å². The second-order valence-electron chi connectivity index (χ2n) is 5.62. The smallest absolute Gasteiger partial charge is 0.421 e. The molecular weight excluding hydrogens is 326 g/mol. The standard InChI is InChI=1S/C17H13F4NO2/c1-10-7-11(9-12(18)8-10)16(17(19,20)21)22(2)14-6-4-3-5-13(14)15(23)24-16/h3-9H,1-2H3/t16-/m0/s1. The summed E-state index contributed by atoms with van der Waals surface area (Å²) in [6.07, 6.45) is -4.98.